The number of hydrogen-bond acceptors (Lipinski definition) is 2. The molecule has 20 heavy (non-hydrogen) atoms. The van der Waals surface area contributed by atoms with E-state index in [1.807, 2.05) is 37.3 Å². The van der Waals surface area contributed by atoms with Crippen LogP contribution in [0.15, 0.2) is 78.6 Å². The molecule has 0 saturated carbocycles. The maximum absolute atomic E-state index is 4.38. The summed E-state index contributed by atoms with van der Waals surface area (Å²) < 4.78 is 0. The Hall–Kier alpha value is -2.05. The smallest absolute Gasteiger partial charge is 0.0770 e. The Morgan fingerprint density at radius 3 is 2.80 bits per heavy atom. The largest absolute Gasteiger partial charge is 0.258 e. The monoisotopic (exact) mass is 282 g/mol. The maximum Gasteiger partial charge on any atom is 0.0770 e. The first-order valence-corrected chi connectivity index (χ1v) is 6.82. The van der Waals surface area contributed by atoms with Crippen molar-refractivity contribution in [1.29, 1.82) is 0 Å². The van der Waals surface area contributed by atoms with E-state index < -0.39 is 0 Å². The first kappa shape index (κ1) is 16.0. The molecule has 0 radical (unpaired) electrons. The van der Waals surface area contributed by atoms with Crippen LogP contribution in [0.5, 0.6) is 0 Å². The fourth-order valence-corrected chi connectivity index (χ4v) is 1.83. The molecule has 0 aliphatic heterocycles. The van der Waals surface area contributed by atoms with Crippen LogP contribution >= 0.6 is 9.24 Å². The molecular weight excluding hydrogens is 263 g/mol. The van der Waals surface area contributed by atoms with Gasteiger partial charge in [-0.25, -0.2) is 0 Å². The zero-order valence-corrected chi connectivity index (χ0v) is 12.8. The predicted molar refractivity (Wildman–Crippen MR) is 93.3 cm³/mol. The quantitative estimate of drug-likeness (QED) is 0.442. The van der Waals surface area contributed by atoms with Gasteiger partial charge in [-0.3, -0.25) is 9.98 Å². The number of aliphatic imine (C=N–C) groups is 1. The molecule has 1 heterocycles. The number of nitrogens with zero attached hydrogens (tertiary/aromatic N) is 2. The van der Waals surface area contributed by atoms with Crippen molar-refractivity contribution in [2.75, 3.05) is 0 Å². The number of pyridine rings is 1. The van der Waals surface area contributed by atoms with Crippen LogP contribution in [0.2, 0.25) is 0 Å². The summed E-state index contributed by atoms with van der Waals surface area (Å²) in [6, 6.07) is 3.93. The number of allylic oxidation sites excluding steroid dienone is 7. The summed E-state index contributed by atoms with van der Waals surface area (Å²) in [4.78, 5) is 8.57. The average Bonchev–Trinajstić information content (AvgIpc) is 2.46. The lowest BCUT2D eigenvalue weighted by Crippen LogP contribution is -2.02. The second kappa shape index (κ2) is 8.95. The minimum absolute atomic E-state index is 0.682. The van der Waals surface area contributed by atoms with Crippen LogP contribution in [0.1, 0.15) is 12.6 Å². The van der Waals surface area contributed by atoms with Gasteiger partial charge in [0, 0.05) is 12.4 Å². The molecule has 0 saturated heterocycles. The van der Waals surface area contributed by atoms with Gasteiger partial charge in [-0.15, -0.1) is 9.24 Å². The van der Waals surface area contributed by atoms with E-state index in [0.29, 0.717) is 5.70 Å². The third kappa shape index (κ3) is 5.29. The molecule has 0 aliphatic rings. The van der Waals surface area contributed by atoms with Crippen molar-refractivity contribution in [3.05, 3.63) is 79.3 Å². The lowest BCUT2D eigenvalue weighted by molar-refractivity contribution is 1.30. The first-order chi connectivity index (χ1) is 9.69. The highest BCUT2D eigenvalue weighted by Crippen LogP contribution is 2.12. The van der Waals surface area contributed by atoms with E-state index in [2.05, 4.69) is 32.4 Å². The van der Waals surface area contributed by atoms with E-state index in [4.69, 9.17) is 0 Å². The molecule has 1 aromatic rings. The lowest BCUT2D eigenvalue weighted by atomic mass is 10.1. The number of aromatic nitrogens is 1. The van der Waals surface area contributed by atoms with Gasteiger partial charge in [0.05, 0.1) is 11.4 Å². The molecule has 0 amide bonds. The van der Waals surface area contributed by atoms with Crippen molar-refractivity contribution in [2.24, 2.45) is 4.99 Å². The third-order valence-electron chi connectivity index (χ3n) is 2.45. The summed E-state index contributed by atoms with van der Waals surface area (Å²) in [5, 5.41) is 1.07. The number of rotatable bonds is 6. The molecule has 0 aliphatic carbocycles. The van der Waals surface area contributed by atoms with Crippen LogP contribution in [0.3, 0.4) is 0 Å². The fourth-order valence-electron chi connectivity index (χ4n) is 1.48. The van der Waals surface area contributed by atoms with Crippen molar-refractivity contribution in [2.45, 2.75) is 6.92 Å². The minimum atomic E-state index is 0.682. The zero-order valence-electron chi connectivity index (χ0n) is 11.7. The van der Waals surface area contributed by atoms with Crippen LogP contribution < -0.4 is 5.30 Å². The van der Waals surface area contributed by atoms with Crippen molar-refractivity contribution in [3.8, 4) is 0 Å². The topological polar surface area (TPSA) is 25.2 Å². The van der Waals surface area contributed by atoms with Crippen molar-refractivity contribution >= 4 is 26.3 Å². The molecule has 1 atom stereocenters. The Kier molecular flexibility index (Phi) is 7.16. The second-order valence-electron chi connectivity index (χ2n) is 3.91. The van der Waals surface area contributed by atoms with Crippen molar-refractivity contribution in [3.63, 3.8) is 0 Å². The van der Waals surface area contributed by atoms with Gasteiger partial charge in [0.1, 0.15) is 0 Å². The van der Waals surface area contributed by atoms with E-state index in [-0.39, 0.29) is 0 Å². The second-order valence-corrected chi connectivity index (χ2v) is 4.53. The molecule has 1 unspecified atom stereocenters. The van der Waals surface area contributed by atoms with E-state index in [1.165, 1.54) is 0 Å². The molecule has 3 heteroatoms. The van der Waals surface area contributed by atoms with E-state index in [0.717, 1.165) is 16.6 Å². The summed E-state index contributed by atoms with van der Waals surface area (Å²) in [5.41, 5.74) is 2.69. The molecule has 0 N–H and O–H groups in total. The Bertz CT molecular complexity index is 593. The highest BCUT2D eigenvalue weighted by atomic mass is 31.0. The Morgan fingerprint density at radius 1 is 1.35 bits per heavy atom. The minimum Gasteiger partial charge on any atom is -0.258 e. The normalized spacial score (nSPS) is 12.6. The average molecular weight is 282 g/mol. The highest BCUT2D eigenvalue weighted by molar-refractivity contribution is 7.27. The van der Waals surface area contributed by atoms with E-state index in [9.17, 15) is 0 Å². The molecule has 102 valence electrons. The molecule has 0 bridgehead atoms. The fraction of sp³-hybridized carbons (Fsp3) is 0.0588. The summed E-state index contributed by atoms with van der Waals surface area (Å²) in [5.74, 6) is 0. The number of hydrogen-bond donors (Lipinski definition) is 0. The van der Waals surface area contributed by atoms with E-state index in [1.54, 1.807) is 30.6 Å². The van der Waals surface area contributed by atoms with Crippen LogP contribution in [0.25, 0.3) is 5.57 Å². The van der Waals surface area contributed by atoms with Gasteiger partial charge >= 0.3 is 0 Å². The molecule has 2 nitrogen and oxygen atoms in total. The Morgan fingerprint density at radius 2 is 2.15 bits per heavy atom. The highest BCUT2D eigenvalue weighted by Gasteiger charge is 2.01. The molecule has 1 aromatic heterocycles. The predicted octanol–water partition coefficient (Wildman–Crippen LogP) is 3.87. The third-order valence-corrected chi connectivity index (χ3v) is 2.92. The van der Waals surface area contributed by atoms with Gasteiger partial charge in [0.15, 0.2) is 0 Å². The van der Waals surface area contributed by atoms with Crippen LogP contribution in [-0.2, 0) is 0 Å². The molecule has 0 fully saturated rings. The van der Waals surface area contributed by atoms with Gasteiger partial charge in [0.2, 0.25) is 0 Å². The van der Waals surface area contributed by atoms with Gasteiger partial charge < -0.3 is 0 Å². The van der Waals surface area contributed by atoms with Gasteiger partial charge in [-0.1, -0.05) is 43.5 Å². The van der Waals surface area contributed by atoms with Crippen molar-refractivity contribution in [1.82, 2.24) is 4.98 Å². The zero-order chi connectivity index (χ0) is 14.8. The summed E-state index contributed by atoms with van der Waals surface area (Å²) >= 11 is 0. The van der Waals surface area contributed by atoms with Crippen LogP contribution in [0.4, 0.5) is 0 Å². The van der Waals surface area contributed by atoms with Gasteiger partial charge in [-0.2, -0.15) is 0 Å². The Labute approximate surface area is 123 Å². The summed E-state index contributed by atoms with van der Waals surface area (Å²) in [6.45, 7) is 9.39. The van der Waals surface area contributed by atoms with Gasteiger partial charge in [0.25, 0.3) is 0 Å². The van der Waals surface area contributed by atoms with Crippen molar-refractivity contribution < 1.29 is 0 Å². The molecular formula is C17H19N2P. The molecule has 0 spiro atoms. The first-order valence-electron chi connectivity index (χ1n) is 6.25. The standard InChI is InChI=1S/C17H19N2P/c1-4-6-9-14(3)18-12-7-10-15(5-2)17-16(20)11-8-13-19-17/h4-13H,1,3,20H2,2H3/b9-6-,10-7-,15-5+,18-12?. The molecule has 1 rings (SSSR count). The van der Waals surface area contributed by atoms with Gasteiger partial charge in [-0.05, 0) is 36.0 Å². The lowest BCUT2D eigenvalue weighted by Gasteiger charge is -2.03. The SMILES string of the molecule is C=C/C=C\C(=C)N=C/C=C\C(=C/C)c1ncccc1P. The molecule has 0 aromatic carbocycles. The maximum atomic E-state index is 4.38. The Balaban J connectivity index is 2.76. The van der Waals surface area contributed by atoms with Crippen LogP contribution in [-0.4, -0.2) is 11.2 Å². The summed E-state index contributed by atoms with van der Waals surface area (Å²) in [6.07, 6.45) is 14.7. The van der Waals surface area contributed by atoms with Crippen LogP contribution in [0, 0.1) is 0 Å². The van der Waals surface area contributed by atoms with E-state index >= 15 is 0 Å². The summed E-state index contributed by atoms with van der Waals surface area (Å²) in [7, 11) is 2.69.